The fourth-order valence-electron chi connectivity index (χ4n) is 3.64. The number of hydrogen-bond donors (Lipinski definition) is 1. The zero-order valence-corrected chi connectivity index (χ0v) is 16.3. The van der Waals surface area contributed by atoms with Crippen molar-refractivity contribution in [3.63, 3.8) is 0 Å². The molecule has 0 radical (unpaired) electrons. The predicted molar refractivity (Wildman–Crippen MR) is 113 cm³/mol. The number of hydrogen-bond acceptors (Lipinski definition) is 4. The van der Waals surface area contributed by atoms with E-state index in [9.17, 15) is 9.59 Å². The van der Waals surface area contributed by atoms with Crippen molar-refractivity contribution in [2.45, 2.75) is 6.54 Å². The summed E-state index contributed by atoms with van der Waals surface area (Å²) in [4.78, 5) is 29.9. The van der Waals surface area contributed by atoms with Gasteiger partial charge in [0.15, 0.2) is 11.5 Å². The first-order valence-electron chi connectivity index (χ1n) is 9.54. The largest absolute Gasteiger partial charge is 0.454 e. The minimum atomic E-state index is -0.213. The zero-order chi connectivity index (χ0) is 20.7. The van der Waals surface area contributed by atoms with Crippen LogP contribution in [0.5, 0.6) is 11.5 Å². The molecule has 30 heavy (non-hydrogen) atoms. The molecule has 3 aromatic carbocycles. The minimum Gasteiger partial charge on any atom is -0.454 e. The minimum absolute atomic E-state index is 0.162. The molecule has 1 aliphatic rings. The second kappa shape index (κ2) is 7.11. The van der Waals surface area contributed by atoms with Crippen LogP contribution in [0.3, 0.4) is 0 Å². The third-order valence-electron chi connectivity index (χ3n) is 5.24. The fraction of sp³-hybridized carbons (Fsp3) is 0.130. The van der Waals surface area contributed by atoms with Crippen LogP contribution in [0.2, 0.25) is 0 Å². The number of nitrogens with one attached hydrogen (secondary N) is 1. The number of amides is 1. The highest BCUT2D eigenvalue weighted by molar-refractivity contribution is 6.07. The smallest absolute Gasteiger partial charge is 0.326 e. The molecule has 0 aliphatic carbocycles. The van der Waals surface area contributed by atoms with Crippen molar-refractivity contribution in [3.05, 3.63) is 88.3 Å². The number of rotatable bonds is 4. The Morgan fingerprint density at radius 3 is 2.67 bits per heavy atom. The van der Waals surface area contributed by atoms with E-state index in [1.807, 2.05) is 48.5 Å². The maximum absolute atomic E-state index is 13.5. The van der Waals surface area contributed by atoms with E-state index in [0.29, 0.717) is 29.1 Å². The van der Waals surface area contributed by atoms with Crippen molar-refractivity contribution in [3.8, 4) is 11.5 Å². The Morgan fingerprint density at radius 1 is 1.03 bits per heavy atom. The molecule has 1 aliphatic heterocycles. The fourth-order valence-corrected chi connectivity index (χ4v) is 3.64. The molecule has 0 fully saturated rings. The summed E-state index contributed by atoms with van der Waals surface area (Å²) in [6.45, 7) is 0.568. The van der Waals surface area contributed by atoms with Gasteiger partial charge in [-0.3, -0.25) is 9.36 Å². The van der Waals surface area contributed by atoms with Gasteiger partial charge in [0.2, 0.25) is 6.79 Å². The number of nitrogens with zero attached hydrogens (tertiary/aromatic N) is 2. The van der Waals surface area contributed by atoms with E-state index in [0.717, 1.165) is 16.8 Å². The number of para-hydroxylation sites is 1. The molecule has 1 amide bonds. The van der Waals surface area contributed by atoms with Gasteiger partial charge in [0.1, 0.15) is 0 Å². The van der Waals surface area contributed by atoms with Gasteiger partial charge in [-0.1, -0.05) is 24.3 Å². The van der Waals surface area contributed by atoms with Crippen LogP contribution in [0, 0.1) is 0 Å². The van der Waals surface area contributed by atoms with E-state index in [1.54, 1.807) is 30.1 Å². The average molecular weight is 401 g/mol. The highest BCUT2D eigenvalue weighted by Gasteiger charge is 2.21. The van der Waals surface area contributed by atoms with Gasteiger partial charge in [0.05, 0.1) is 17.6 Å². The third kappa shape index (κ3) is 3.10. The number of ether oxygens (including phenoxy) is 2. The van der Waals surface area contributed by atoms with Gasteiger partial charge in [-0.15, -0.1) is 0 Å². The number of imidazole rings is 1. The van der Waals surface area contributed by atoms with Crippen LogP contribution in [-0.4, -0.2) is 22.3 Å². The molecule has 0 unspecified atom stereocenters. The lowest BCUT2D eigenvalue weighted by Gasteiger charge is -2.23. The summed E-state index contributed by atoms with van der Waals surface area (Å²) < 4.78 is 12.4. The van der Waals surface area contributed by atoms with E-state index in [4.69, 9.17) is 9.47 Å². The number of aryl methyl sites for hydroxylation is 1. The Hall–Kier alpha value is -4.00. The Balaban J connectivity index is 1.53. The molecule has 0 spiro atoms. The van der Waals surface area contributed by atoms with Crippen LogP contribution in [-0.2, 0) is 13.6 Å². The summed E-state index contributed by atoms with van der Waals surface area (Å²) in [7, 11) is 1.69. The van der Waals surface area contributed by atoms with Crippen molar-refractivity contribution in [2.75, 3.05) is 11.7 Å². The van der Waals surface area contributed by atoms with Crippen molar-refractivity contribution >= 4 is 22.6 Å². The quantitative estimate of drug-likeness (QED) is 0.568. The monoisotopic (exact) mass is 401 g/mol. The van der Waals surface area contributed by atoms with Crippen LogP contribution in [0.25, 0.3) is 11.0 Å². The highest BCUT2D eigenvalue weighted by atomic mass is 16.7. The summed E-state index contributed by atoms with van der Waals surface area (Å²) in [5.74, 6) is 1.22. The Morgan fingerprint density at radius 2 is 1.83 bits per heavy atom. The molecular weight excluding hydrogens is 382 g/mol. The molecule has 2 heterocycles. The summed E-state index contributed by atoms with van der Waals surface area (Å²) in [5, 5.41) is 0. The number of H-pyrrole nitrogens is 1. The molecule has 0 saturated heterocycles. The van der Waals surface area contributed by atoms with Gasteiger partial charge in [0.25, 0.3) is 5.91 Å². The normalized spacial score (nSPS) is 12.3. The number of aromatic amines is 1. The maximum atomic E-state index is 13.5. The summed E-state index contributed by atoms with van der Waals surface area (Å²) >= 11 is 0. The van der Waals surface area contributed by atoms with Crippen molar-refractivity contribution in [1.29, 1.82) is 0 Å². The van der Waals surface area contributed by atoms with Crippen LogP contribution >= 0.6 is 0 Å². The highest BCUT2D eigenvalue weighted by Crippen LogP contribution is 2.33. The van der Waals surface area contributed by atoms with Gasteiger partial charge < -0.3 is 19.4 Å². The predicted octanol–water partition coefficient (Wildman–Crippen LogP) is 3.44. The first kappa shape index (κ1) is 18.1. The lowest BCUT2D eigenvalue weighted by molar-refractivity contribution is 0.0985. The lowest BCUT2D eigenvalue weighted by atomic mass is 10.1. The van der Waals surface area contributed by atoms with Crippen molar-refractivity contribution in [1.82, 2.24) is 9.55 Å². The molecule has 1 aromatic heterocycles. The molecule has 1 N–H and O–H groups in total. The van der Waals surface area contributed by atoms with Crippen LogP contribution in [0.15, 0.2) is 71.5 Å². The van der Waals surface area contributed by atoms with Crippen molar-refractivity contribution in [2.24, 2.45) is 7.05 Å². The molecule has 5 rings (SSSR count). The van der Waals surface area contributed by atoms with Gasteiger partial charge in [-0.25, -0.2) is 4.79 Å². The van der Waals surface area contributed by atoms with E-state index in [1.165, 1.54) is 4.57 Å². The van der Waals surface area contributed by atoms with Crippen LogP contribution < -0.4 is 20.1 Å². The molecule has 0 bridgehead atoms. The molecule has 7 nitrogen and oxygen atoms in total. The second-order valence-electron chi connectivity index (χ2n) is 7.14. The van der Waals surface area contributed by atoms with E-state index >= 15 is 0 Å². The maximum Gasteiger partial charge on any atom is 0.326 e. The van der Waals surface area contributed by atoms with Gasteiger partial charge >= 0.3 is 5.69 Å². The first-order chi connectivity index (χ1) is 14.6. The van der Waals surface area contributed by atoms with Gasteiger partial charge in [-0.05, 0) is 48.0 Å². The third-order valence-corrected chi connectivity index (χ3v) is 5.24. The van der Waals surface area contributed by atoms with Crippen molar-refractivity contribution < 1.29 is 14.3 Å². The summed E-state index contributed by atoms with van der Waals surface area (Å²) in [6, 6.07) is 20.4. The average Bonchev–Trinajstić information content (AvgIpc) is 3.35. The number of fused-ring (bicyclic) bond motifs is 2. The van der Waals surface area contributed by atoms with Crippen LogP contribution in [0.1, 0.15) is 15.9 Å². The summed E-state index contributed by atoms with van der Waals surface area (Å²) in [5.41, 5.74) is 3.36. The molecule has 0 atom stereocenters. The second-order valence-corrected chi connectivity index (χ2v) is 7.14. The molecule has 0 saturated carbocycles. The van der Waals surface area contributed by atoms with E-state index in [2.05, 4.69) is 4.98 Å². The Kier molecular flexibility index (Phi) is 4.28. The Bertz CT molecular complexity index is 1310. The topological polar surface area (TPSA) is 76.6 Å². The number of anilines is 1. The molecular formula is C23H19N3O4. The Labute approximate surface area is 172 Å². The van der Waals surface area contributed by atoms with E-state index in [-0.39, 0.29) is 18.4 Å². The molecule has 4 aromatic rings. The molecule has 7 heteroatoms. The first-order valence-corrected chi connectivity index (χ1v) is 9.54. The number of carbonyl (C=O) groups is 1. The van der Waals surface area contributed by atoms with Crippen LogP contribution in [0.4, 0.5) is 5.69 Å². The SMILES string of the molecule is Cn1c(=O)[nH]c2cc(C(=O)N(Cc3ccc4c(c3)OCO4)c3ccccc3)ccc21. The zero-order valence-electron chi connectivity index (χ0n) is 16.3. The number of aromatic nitrogens is 2. The van der Waals surface area contributed by atoms with Gasteiger partial charge in [0, 0.05) is 18.3 Å². The standard InChI is InChI=1S/C23H19N3O4/c1-25-19-9-8-16(12-18(19)24-23(25)28)22(27)26(17-5-3-2-4-6-17)13-15-7-10-20-21(11-15)30-14-29-20/h2-12H,13-14H2,1H3,(H,24,28). The number of carbonyl (C=O) groups excluding carboxylic acids is 1. The van der Waals surface area contributed by atoms with Gasteiger partial charge in [-0.2, -0.15) is 0 Å². The number of benzene rings is 3. The van der Waals surface area contributed by atoms with E-state index < -0.39 is 0 Å². The summed E-state index contributed by atoms with van der Waals surface area (Å²) in [6.07, 6.45) is 0. The lowest BCUT2D eigenvalue weighted by Crippen LogP contribution is -2.30. The molecule has 150 valence electrons.